The molecule has 1 N–H and O–H groups in total. The standard InChI is InChI=1S/C20H23N5OS/c1-14-21-12-18(27-14)15-3-4-16-11-22-19(10-17(16)9-15)23-20(26)13-25-7-5-24(2)6-8-25/h3-4,9-12H,5-8,13H2,1-2H3,(H,22,23,26). The van der Waals surface area contributed by atoms with Gasteiger partial charge in [-0.1, -0.05) is 12.1 Å². The van der Waals surface area contributed by atoms with Crippen molar-refractivity contribution in [1.29, 1.82) is 0 Å². The van der Waals surface area contributed by atoms with E-state index in [9.17, 15) is 4.79 Å². The number of carbonyl (C=O) groups excluding carboxylic acids is 1. The van der Waals surface area contributed by atoms with Crippen molar-refractivity contribution in [1.82, 2.24) is 19.8 Å². The number of hydrogen-bond donors (Lipinski definition) is 1. The Kier molecular flexibility index (Phi) is 5.15. The molecule has 0 spiro atoms. The number of hydrogen-bond acceptors (Lipinski definition) is 6. The lowest BCUT2D eigenvalue weighted by Gasteiger charge is -2.31. The molecule has 0 bridgehead atoms. The molecular formula is C20H23N5OS. The Morgan fingerprint density at radius 2 is 1.93 bits per heavy atom. The van der Waals surface area contributed by atoms with Gasteiger partial charge in [-0.2, -0.15) is 0 Å². The molecule has 0 radical (unpaired) electrons. The molecule has 4 rings (SSSR count). The Hall–Kier alpha value is -2.35. The lowest BCUT2D eigenvalue weighted by molar-refractivity contribution is -0.117. The lowest BCUT2D eigenvalue weighted by Crippen LogP contribution is -2.47. The Labute approximate surface area is 162 Å². The van der Waals surface area contributed by atoms with Gasteiger partial charge in [-0.3, -0.25) is 9.69 Å². The third-order valence-electron chi connectivity index (χ3n) is 4.86. The Bertz CT molecular complexity index is 962. The minimum absolute atomic E-state index is 0.0133. The van der Waals surface area contributed by atoms with E-state index in [1.165, 1.54) is 0 Å². The van der Waals surface area contributed by atoms with Crippen molar-refractivity contribution in [3.8, 4) is 10.4 Å². The quantitative estimate of drug-likeness (QED) is 0.753. The first-order chi connectivity index (χ1) is 13.1. The SMILES string of the molecule is Cc1ncc(-c2ccc3cnc(NC(=O)CN4CCN(C)CC4)cc3c2)s1. The third kappa shape index (κ3) is 4.32. The van der Waals surface area contributed by atoms with Crippen LogP contribution in [0.1, 0.15) is 5.01 Å². The number of amides is 1. The first kappa shape index (κ1) is 18.0. The largest absolute Gasteiger partial charge is 0.310 e. The predicted octanol–water partition coefficient (Wildman–Crippen LogP) is 2.85. The van der Waals surface area contributed by atoms with Crippen molar-refractivity contribution in [3.63, 3.8) is 0 Å². The number of aryl methyl sites for hydroxylation is 1. The number of rotatable bonds is 4. The number of likely N-dealkylation sites (N-methyl/N-ethyl adjacent to an activating group) is 1. The van der Waals surface area contributed by atoms with Crippen molar-refractivity contribution in [2.24, 2.45) is 0 Å². The second kappa shape index (κ2) is 7.72. The fourth-order valence-electron chi connectivity index (χ4n) is 3.25. The van der Waals surface area contributed by atoms with Crippen LogP contribution >= 0.6 is 11.3 Å². The zero-order valence-corrected chi connectivity index (χ0v) is 16.4. The first-order valence-electron chi connectivity index (χ1n) is 9.10. The highest BCUT2D eigenvalue weighted by Gasteiger charge is 2.16. The van der Waals surface area contributed by atoms with Crippen LogP contribution in [0, 0.1) is 6.92 Å². The first-order valence-corrected chi connectivity index (χ1v) is 9.92. The fourth-order valence-corrected chi connectivity index (χ4v) is 4.02. The molecule has 1 amide bonds. The summed E-state index contributed by atoms with van der Waals surface area (Å²) in [4.78, 5) is 26.7. The molecule has 27 heavy (non-hydrogen) atoms. The molecule has 1 aliphatic rings. The average molecular weight is 382 g/mol. The molecule has 0 saturated carbocycles. The van der Waals surface area contributed by atoms with Gasteiger partial charge in [-0.15, -0.1) is 11.3 Å². The van der Waals surface area contributed by atoms with Gasteiger partial charge in [0.05, 0.1) is 16.4 Å². The smallest absolute Gasteiger partial charge is 0.239 e. The molecule has 0 aliphatic carbocycles. The van der Waals surface area contributed by atoms with E-state index in [0.29, 0.717) is 12.4 Å². The van der Waals surface area contributed by atoms with Gasteiger partial charge < -0.3 is 10.2 Å². The predicted molar refractivity (Wildman–Crippen MR) is 110 cm³/mol. The molecule has 140 valence electrons. The summed E-state index contributed by atoms with van der Waals surface area (Å²) in [5.74, 6) is 0.583. The van der Waals surface area contributed by atoms with Gasteiger partial charge in [-0.25, -0.2) is 9.97 Å². The molecule has 2 aromatic heterocycles. The van der Waals surface area contributed by atoms with Crippen molar-refractivity contribution in [2.45, 2.75) is 6.92 Å². The van der Waals surface area contributed by atoms with Gasteiger partial charge in [0.1, 0.15) is 5.82 Å². The lowest BCUT2D eigenvalue weighted by atomic mass is 10.1. The maximum absolute atomic E-state index is 12.4. The highest BCUT2D eigenvalue weighted by Crippen LogP contribution is 2.29. The fraction of sp³-hybridized carbons (Fsp3) is 0.350. The van der Waals surface area contributed by atoms with Gasteiger partial charge in [0.15, 0.2) is 0 Å². The number of piperazine rings is 1. The van der Waals surface area contributed by atoms with E-state index in [0.717, 1.165) is 52.4 Å². The summed E-state index contributed by atoms with van der Waals surface area (Å²) in [5, 5.41) is 6.10. The number of carbonyl (C=O) groups is 1. The summed E-state index contributed by atoms with van der Waals surface area (Å²) in [5.41, 5.74) is 1.13. The second-order valence-electron chi connectivity index (χ2n) is 7.00. The zero-order chi connectivity index (χ0) is 18.8. The van der Waals surface area contributed by atoms with Crippen LogP contribution in [0.5, 0.6) is 0 Å². The molecule has 1 aliphatic heterocycles. The summed E-state index contributed by atoms with van der Waals surface area (Å²) in [7, 11) is 2.11. The van der Waals surface area contributed by atoms with Gasteiger partial charge in [0.2, 0.25) is 5.91 Å². The van der Waals surface area contributed by atoms with E-state index < -0.39 is 0 Å². The maximum Gasteiger partial charge on any atom is 0.239 e. The number of fused-ring (bicyclic) bond motifs is 1. The van der Waals surface area contributed by atoms with Crippen molar-refractivity contribution >= 4 is 33.8 Å². The van der Waals surface area contributed by atoms with Crippen molar-refractivity contribution in [3.05, 3.63) is 41.7 Å². The number of anilines is 1. The van der Waals surface area contributed by atoms with Crippen LogP contribution in [0.2, 0.25) is 0 Å². The summed E-state index contributed by atoms with van der Waals surface area (Å²) < 4.78 is 0. The van der Waals surface area contributed by atoms with E-state index in [-0.39, 0.29) is 5.91 Å². The second-order valence-corrected chi connectivity index (χ2v) is 8.24. The zero-order valence-electron chi connectivity index (χ0n) is 15.6. The van der Waals surface area contributed by atoms with Gasteiger partial charge in [0.25, 0.3) is 0 Å². The number of nitrogens with zero attached hydrogens (tertiary/aromatic N) is 4. The van der Waals surface area contributed by atoms with Crippen LogP contribution in [0.4, 0.5) is 5.82 Å². The minimum Gasteiger partial charge on any atom is -0.310 e. The van der Waals surface area contributed by atoms with Crippen LogP contribution < -0.4 is 5.32 Å². The summed E-state index contributed by atoms with van der Waals surface area (Å²) in [6, 6.07) is 8.21. The molecule has 6 nitrogen and oxygen atoms in total. The topological polar surface area (TPSA) is 61.4 Å². The van der Waals surface area contributed by atoms with Crippen LogP contribution in [0.15, 0.2) is 36.7 Å². The summed E-state index contributed by atoms with van der Waals surface area (Å²) >= 11 is 1.68. The van der Waals surface area contributed by atoms with Crippen molar-refractivity contribution < 1.29 is 4.79 Å². The molecule has 3 heterocycles. The Morgan fingerprint density at radius 1 is 1.11 bits per heavy atom. The number of aromatic nitrogens is 2. The van der Waals surface area contributed by atoms with E-state index in [1.807, 2.05) is 25.4 Å². The molecule has 1 fully saturated rings. The van der Waals surface area contributed by atoms with Crippen LogP contribution in [0.3, 0.4) is 0 Å². The van der Waals surface area contributed by atoms with Gasteiger partial charge in [0, 0.05) is 44.0 Å². The number of benzene rings is 1. The molecule has 1 aromatic carbocycles. The molecular weight excluding hydrogens is 358 g/mol. The summed E-state index contributed by atoms with van der Waals surface area (Å²) in [6.45, 7) is 6.27. The average Bonchev–Trinajstić information content (AvgIpc) is 3.09. The van der Waals surface area contributed by atoms with Crippen molar-refractivity contribution in [2.75, 3.05) is 45.1 Å². The normalized spacial score (nSPS) is 15.9. The molecule has 3 aromatic rings. The Balaban J connectivity index is 1.48. The highest BCUT2D eigenvalue weighted by atomic mass is 32.1. The van der Waals surface area contributed by atoms with E-state index in [1.54, 1.807) is 11.3 Å². The van der Waals surface area contributed by atoms with Gasteiger partial charge in [-0.05, 0) is 37.1 Å². The highest BCUT2D eigenvalue weighted by molar-refractivity contribution is 7.15. The Morgan fingerprint density at radius 3 is 2.67 bits per heavy atom. The van der Waals surface area contributed by atoms with Crippen LogP contribution in [-0.4, -0.2) is 65.4 Å². The monoisotopic (exact) mass is 381 g/mol. The van der Waals surface area contributed by atoms with E-state index in [2.05, 4.69) is 50.3 Å². The molecule has 7 heteroatoms. The van der Waals surface area contributed by atoms with E-state index >= 15 is 0 Å². The molecule has 0 unspecified atom stereocenters. The number of nitrogens with one attached hydrogen (secondary N) is 1. The minimum atomic E-state index is -0.0133. The number of pyridine rings is 1. The van der Waals surface area contributed by atoms with Crippen LogP contribution in [0.25, 0.3) is 21.2 Å². The number of thiazole rings is 1. The maximum atomic E-state index is 12.4. The van der Waals surface area contributed by atoms with E-state index in [4.69, 9.17) is 0 Å². The molecule has 1 saturated heterocycles. The third-order valence-corrected chi connectivity index (χ3v) is 5.82. The molecule has 0 atom stereocenters. The van der Waals surface area contributed by atoms with Gasteiger partial charge >= 0.3 is 0 Å². The van der Waals surface area contributed by atoms with Crippen LogP contribution in [-0.2, 0) is 4.79 Å². The summed E-state index contributed by atoms with van der Waals surface area (Å²) in [6.07, 6.45) is 3.71.